The van der Waals surface area contributed by atoms with Crippen molar-refractivity contribution in [1.29, 1.82) is 0 Å². The molecule has 1 aromatic heterocycles. The molecule has 0 aromatic carbocycles. The molecule has 21 heavy (non-hydrogen) atoms. The Morgan fingerprint density at radius 3 is 3.00 bits per heavy atom. The van der Waals surface area contributed by atoms with Crippen molar-refractivity contribution in [3.8, 4) is 0 Å². The predicted octanol–water partition coefficient (Wildman–Crippen LogP) is 0.0645. The maximum Gasteiger partial charge on any atom is 0.222 e. The molecule has 1 aromatic rings. The molecule has 0 saturated carbocycles. The predicted molar refractivity (Wildman–Crippen MR) is 77.4 cm³/mol. The van der Waals surface area contributed by atoms with Crippen LogP contribution in [0.15, 0.2) is 12.3 Å². The SMILES string of the molecule is COCCS(=O)(=O)N1CC[C@@H](n2ccc(NC(C)=O)n2)C1. The molecule has 1 fully saturated rings. The monoisotopic (exact) mass is 316 g/mol. The molecule has 2 heterocycles. The largest absolute Gasteiger partial charge is 0.384 e. The molecule has 8 nitrogen and oxygen atoms in total. The zero-order valence-corrected chi connectivity index (χ0v) is 13.0. The molecular weight excluding hydrogens is 296 g/mol. The van der Waals surface area contributed by atoms with Crippen LogP contribution in [0.3, 0.4) is 0 Å². The number of carbonyl (C=O) groups is 1. The Bertz CT molecular complexity index is 598. The van der Waals surface area contributed by atoms with Gasteiger partial charge in [0.1, 0.15) is 0 Å². The lowest BCUT2D eigenvalue weighted by Gasteiger charge is -2.16. The molecule has 1 N–H and O–H groups in total. The summed E-state index contributed by atoms with van der Waals surface area (Å²) in [7, 11) is -1.80. The third-order valence-corrected chi connectivity index (χ3v) is 5.15. The number of ether oxygens (including phenoxy) is 1. The van der Waals surface area contributed by atoms with Crippen molar-refractivity contribution in [3.05, 3.63) is 12.3 Å². The lowest BCUT2D eigenvalue weighted by molar-refractivity contribution is -0.114. The van der Waals surface area contributed by atoms with E-state index in [0.29, 0.717) is 25.3 Å². The first-order valence-corrected chi connectivity index (χ1v) is 8.33. The maximum atomic E-state index is 12.1. The van der Waals surface area contributed by atoms with Gasteiger partial charge < -0.3 is 10.1 Å². The van der Waals surface area contributed by atoms with E-state index in [-0.39, 0.29) is 24.3 Å². The van der Waals surface area contributed by atoms with Crippen LogP contribution >= 0.6 is 0 Å². The number of aromatic nitrogens is 2. The van der Waals surface area contributed by atoms with Gasteiger partial charge in [0, 0.05) is 39.4 Å². The summed E-state index contributed by atoms with van der Waals surface area (Å²) < 4.78 is 32.2. The van der Waals surface area contributed by atoms with Gasteiger partial charge in [0.15, 0.2) is 5.82 Å². The summed E-state index contributed by atoms with van der Waals surface area (Å²) in [5.74, 6) is 0.283. The number of anilines is 1. The highest BCUT2D eigenvalue weighted by Crippen LogP contribution is 2.24. The average Bonchev–Trinajstić information content (AvgIpc) is 3.04. The molecule has 1 aliphatic rings. The Labute approximate surface area is 124 Å². The van der Waals surface area contributed by atoms with Gasteiger partial charge >= 0.3 is 0 Å². The first-order valence-electron chi connectivity index (χ1n) is 6.72. The lowest BCUT2D eigenvalue weighted by atomic mass is 10.3. The Morgan fingerprint density at radius 1 is 1.57 bits per heavy atom. The minimum absolute atomic E-state index is 0.00747. The highest BCUT2D eigenvalue weighted by molar-refractivity contribution is 7.89. The number of sulfonamides is 1. The first kappa shape index (κ1) is 15.9. The minimum Gasteiger partial charge on any atom is -0.384 e. The second-order valence-electron chi connectivity index (χ2n) is 4.97. The molecule has 0 bridgehead atoms. The van der Waals surface area contributed by atoms with E-state index in [1.54, 1.807) is 16.9 Å². The van der Waals surface area contributed by atoms with Crippen molar-refractivity contribution in [2.75, 3.05) is 37.9 Å². The van der Waals surface area contributed by atoms with Crippen molar-refractivity contribution in [1.82, 2.24) is 14.1 Å². The second-order valence-corrected chi connectivity index (χ2v) is 7.06. The molecule has 0 spiro atoms. The Morgan fingerprint density at radius 2 is 2.33 bits per heavy atom. The molecule has 118 valence electrons. The van der Waals surface area contributed by atoms with Gasteiger partial charge in [0.05, 0.1) is 18.4 Å². The van der Waals surface area contributed by atoms with E-state index >= 15 is 0 Å². The van der Waals surface area contributed by atoms with Crippen LogP contribution in [0.5, 0.6) is 0 Å². The topological polar surface area (TPSA) is 93.5 Å². The minimum atomic E-state index is -3.28. The zero-order valence-electron chi connectivity index (χ0n) is 12.2. The van der Waals surface area contributed by atoms with E-state index in [9.17, 15) is 13.2 Å². The lowest BCUT2D eigenvalue weighted by Crippen LogP contribution is -2.32. The van der Waals surface area contributed by atoms with E-state index < -0.39 is 10.0 Å². The normalized spacial score (nSPS) is 19.8. The molecule has 0 unspecified atom stereocenters. The van der Waals surface area contributed by atoms with Gasteiger partial charge in [-0.05, 0) is 6.42 Å². The fourth-order valence-electron chi connectivity index (χ4n) is 2.29. The fourth-order valence-corrected chi connectivity index (χ4v) is 3.70. The van der Waals surface area contributed by atoms with Crippen molar-refractivity contribution in [2.24, 2.45) is 0 Å². The Hall–Kier alpha value is -1.45. The molecule has 1 saturated heterocycles. The summed E-state index contributed by atoms with van der Waals surface area (Å²) in [4.78, 5) is 11.0. The summed E-state index contributed by atoms with van der Waals surface area (Å²) in [6.45, 7) is 2.48. The van der Waals surface area contributed by atoms with E-state index in [1.165, 1.54) is 18.3 Å². The summed E-state index contributed by atoms with van der Waals surface area (Å²) in [6.07, 6.45) is 2.45. The van der Waals surface area contributed by atoms with E-state index in [4.69, 9.17) is 4.74 Å². The van der Waals surface area contributed by atoms with Gasteiger partial charge in [-0.3, -0.25) is 9.48 Å². The Balaban J connectivity index is 1.99. The molecular formula is C12H20N4O4S. The molecule has 1 aliphatic heterocycles. The van der Waals surface area contributed by atoms with Crippen molar-refractivity contribution < 1.29 is 17.9 Å². The smallest absolute Gasteiger partial charge is 0.222 e. The molecule has 2 rings (SSSR count). The number of methoxy groups -OCH3 is 1. The summed E-state index contributed by atoms with van der Waals surface area (Å²) in [5, 5.41) is 6.85. The third kappa shape index (κ3) is 4.02. The summed E-state index contributed by atoms with van der Waals surface area (Å²) >= 11 is 0. The number of rotatable bonds is 6. The van der Waals surface area contributed by atoms with Crippen LogP contribution in [-0.2, 0) is 19.6 Å². The number of nitrogens with one attached hydrogen (secondary N) is 1. The second kappa shape index (κ2) is 6.54. The van der Waals surface area contributed by atoms with Gasteiger partial charge in [-0.25, -0.2) is 8.42 Å². The number of nitrogens with zero attached hydrogens (tertiary/aromatic N) is 3. The van der Waals surface area contributed by atoms with E-state index in [0.717, 1.165) is 0 Å². The molecule has 1 atom stereocenters. The first-order chi connectivity index (χ1) is 9.92. The number of carbonyl (C=O) groups excluding carboxylic acids is 1. The zero-order chi connectivity index (χ0) is 15.5. The van der Waals surface area contributed by atoms with E-state index in [1.807, 2.05) is 0 Å². The van der Waals surface area contributed by atoms with Crippen molar-refractivity contribution in [2.45, 2.75) is 19.4 Å². The van der Waals surface area contributed by atoms with Gasteiger partial charge in [-0.1, -0.05) is 0 Å². The van der Waals surface area contributed by atoms with Crippen LogP contribution in [0.1, 0.15) is 19.4 Å². The number of hydrogen-bond donors (Lipinski definition) is 1. The summed E-state index contributed by atoms with van der Waals surface area (Å²) in [6, 6.07) is 1.69. The number of amides is 1. The average molecular weight is 316 g/mol. The van der Waals surface area contributed by atoms with Gasteiger partial charge in [0.25, 0.3) is 0 Å². The highest BCUT2D eigenvalue weighted by Gasteiger charge is 2.32. The fraction of sp³-hybridized carbons (Fsp3) is 0.667. The van der Waals surface area contributed by atoms with Crippen LogP contribution in [-0.4, -0.2) is 61.0 Å². The quantitative estimate of drug-likeness (QED) is 0.801. The van der Waals surface area contributed by atoms with Gasteiger partial charge in [-0.2, -0.15) is 9.40 Å². The van der Waals surface area contributed by atoms with Crippen LogP contribution in [0.25, 0.3) is 0 Å². The van der Waals surface area contributed by atoms with E-state index in [2.05, 4.69) is 10.4 Å². The Kier molecular flexibility index (Phi) is 4.96. The van der Waals surface area contributed by atoms with Crippen LogP contribution < -0.4 is 5.32 Å². The molecule has 0 radical (unpaired) electrons. The van der Waals surface area contributed by atoms with Crippen LogP contribution in [0.2, 0.25) is 0 Å². The highest BCUT2D eigenvalue weighted by atomic mass is 32.2. The van der Waals surface area contributed by atoms with Gasteiger partial charge in [0.2, 0.25) is 15.9 Å². The molecule has 1 amide bonds. The van der Waals surface area contributed by atoms with Crippen molar-refractivity contribution in [3.63, 3.8) is 0 Å². The van der Waals surface area contributed by atoms with Crippen LogP contribution in [0.4, 0.5) is 5.82 Å². The summed E-state index contributed by atoms with van der Waals surface area (Å²) in [5.41, 5.74) is 0. The molecule has 0 aliphatic carbocycles. The van der Waals surface area contributed by atoms with Crippen molar-refractivity contribution >= 4 is 21.7 Å². The third-order valence-electron chi connectivity index (χ3n) is 3.35. The maximum absolute atomic E-state index is 12.1. The van der Waals surface area contributed by atoms with Gasteiger partial charge in [-0.15, -0.1) is 0 Å². The number of hydrogen-bond acceptors (Lipinski definition) is 5. The standard InChI is InChI=1S/C12H20N4O4S/c1-10(17)13-12-4-6-16(14-12)11-3-5-15(9-11)21(18,19)8-7-20-2/h4,6,11H,3,5,7-9H2,1-2H3,(H,13,14,17)/t11-/m1/s1. The van der Waals surface area contributed by atoms with Crippen LogP contribution in [0, 0.1) is 0 Å². The molecule has 9 heteroatoms.